The van der Waals surface area contributed by atoms with E-state index >= 15 is 0 Å². The van der Waals surface area contributed by atoms with Crippen molar-refractivity contribution in [3.63, 3.8) is 0 Å². The SMILES string of the molecule is Cc1ccc(C)c(OCCCC(C)(C)[C]=O)c1. The smallest absolute Gasteiger partial charge is 0.204 e. The van der Waals surface area contributed by atoms with Crippen molar-refractivity contribution in [3.05, 3.63) is 29.3 Å². The van der Waals surface area contributed by atoms with Crippen LogP contribution in [0.15, 0.2) is 18.2 Å². The van der Waals surface area contributed by atoms with Gasteiger partial charge in [0.2, 0.25) is 6.29 Å². The molecule has 0 aliphatic heterocycles. The van der Waals surface area contributed by atoms with E-state index < -0.39 is 0 Å². The third kappa shape index (κ3) is 4.59. The van der Waals surface area contributed by atoms with Crippen molar-refractivity contribution in [1.29, 1.82) is 0 Å². The van der Waals surface area contributed by atoms with Crippen molar-refractivity contribution < 1.29 is 9.53 Å². The Morgan fingerprint density at radius 1 is 1.29 bits per heavy atom. The zero-order valence-electron chi connectivity index (χ0n) is 11.2. The quantitative estimate of drug-likeness (QED) is 0.702. The van der Waals surface area contributed by atoms with E-state index in [1.54, 1.807) is 0 Å². The van der Waals surface area contributed by atoms with Gasteiger partial charge in [-0.15, -0.1) is 0 Å². The predicted octanol–water partition coefficient (Wildman–Crippen LogP) is 3.60. The molecule has 1 aromatic carbocycles. The number of carbonyl (C=O) groups excluding carboxylic acids is 1. The van der Waals surface area contributed by atoms with Gasteiger partial charge in [-0.2, -0.15) is 0 Å². The van der Waals surface area contributed by atoms with Crippen LogP contribution in [0.1, 0.15) is 37.8 Å². The van der Waals surface area contributed by atoms with Gasteiger partial charge in [-0.25, -0.2) is 0 Å². The summed E-state index contributed by atoms with van der Waals surface area (Å²) in [5.41, 5.74) is 1.99. The average Bonchev–Trinajstić information content (AvgIpc) is 2.29. The molecule has 0 atom stereocenters. The lowest BCUT2D eigenvalue weighted by Crippen LogP contribution is -2.14. The minimum absolute atomic E-state index is 0.356. The summed E-state index contributed by atoms with van der Waals surface area (Å²) in [5.74, 6) is 0.942. The molecule has 1 rings (SSSR count). The van der Waals surface area contributed by atoms with Crippen LogP contribution in [-0.4, -0.2) is 12.9 Å². The average molecular weight is 233 g/mol. The molecular weight excluding hydrogens is 212 g/mol. The molecule has 2 heteroatoms. The molecule has 0 heterocycles. The Morgan fingerprint density at radius 2 is 2.00 bits per heavy atom. The molecule has 0 saturated heterocycles. The maximum atomic E-state index is 10.6. The van der Waals surface area contributed by atoms with Crippen molar-refractivity contribution in [1.82, 2.24) is 0 Å². The highest BCUT2D eigenvalue weighted by Crippen LogP contribution is 2.21. The van der Waals surface area contributed by atoms with E-state index in [4.69, 9.17) is 4.74 Å². The summed E-state index contributed by atoms with van der Waals surface area (Å²) in [5, 5.41) is 0. The number of aryl methyl sites for hydroxylation is 2. The second kappa shape index (κ2) is 5.85. The van der Waals surface area contributed by atoms with Gasteiger partial charge in [-0.3, -0.25) is 4.79 Å². The van der Waals surface area contributed by atoms with Gasteiger partial charge in [0.15, 0.2) is 0 Å². The van der Waals surface area contributed by atoms with E-state index in [2.05, 4.69) is 25.3 Å². The zero-order chi connectivity index (χ0) is 12.9. The molecule has 0 fully saturated rings. The second-order valence-electron chi connectivity index (χ2n) is 5.21. The summed E-state index contributed by atoms with van der Waals surface area (Å²) in [4.78, 5) is 10.6. The maximum Gasteiger partial charge on any atom is 0.204 e. The van der Waals surface area contributed by atoms with Gasteiger partial charge in [0.1, 0.15) is 5.75 Å². The van der Waals surface area contributed by atoms with Gasteiger partial charge >= 0.3 is 0 Å². The summed E-state index contributed by atoms with van der Waals surface area (Å²) in [7, 11) is 0. The van der Waals surface area contributed by atoms with E-state index in [0.29, 0.717) is 6.61 Å². The van der Waals surface area contributed by atoms with Crippen LogP contribution in [0.25, 0.3) is 0 Å². The highest BCUT2D eigenvalue weighted by Gasteiger charge is 2.16. The molecule has 17 heavy (non-hydrogen) atoms. The fraction of sp³-hybridized carbons (Fsp3) is 0.533. The molecular formula is C15H21O2. The van der Waals surface area contributed by atoms with Crippen molar-refractivity contribution in [2.75, 3.05) is 6.61 Å². The molecule has 0 aliphatic carbocycles. The van der Waals surface area contributed by atoms with Crippen LogP contribution in [0.3, 0.4) is 0 Å². The van der Waals surface area contributed by atoms with Crippen LogP contribution >= 0.6 is 0 Å². The molecule has 0 bridgehead atoms. The number of hydrogen-bond acceptors (Lipinski definition) is 2. The van der Waals surface area contributed by atoms with E-state index in [-0.39, 0.29) is 5.41 Å². The Hall–Kier alpha value is -1.31. The topological polar surface area (TPSA) is 26.3 Å². The van der Waals surface area contributed by atoms with E-state index in [9.17, 15) is 4.79 Å². The van der Waals surface area contributed by atoms with E-state index in [0.717, 1.165) is 24.2 Å². The first-order chi connectivity index (χ1) is 7.94. The van der Waals surface area contributed by atoms with Crippen molar-refractivity contribution >= 4 is 6.29 Å². The normalized spacial score (nSPS) is 11.3. The summed E-state index contributed by atoms with van der Waals surface area (Å²) < 4.78 is 5.73. The van der Waals surface area contributed by atoms with Crippen LogP contribution in [0.5, 0.6) is 5.75 Å². The van der Waals surface area contributed by atoms with Gasteiger partial charge in [-0.1, -0.05) is 26.0 Å². The molecule has 93 valence electrons. The van der Waals surface area contributed by atoms with Gasteiger partial charge in [-0.05, 0) is 43.9 Å². The molecule has 0 aromatic heterocycles. The van der Waals surface area contributed by atoms with Gasteiger partial charge in [0.05, 0.1) is 6.61 Å². The van der Waals surface area contributed by atoms with Crippen LogP contribution in [0.2, 0.25) is 0 Å². The summed E-state index contributed by atoms with van der Waals surface area (Å²) in [6.45, 7) is 8.54. The fourth-order valence-corrected chi connectivity index (χ4v) is 1.61. The van der Waals surface area contributed by atoms with Gasteiger partial charge < -0.3 is 4.74 Å². The first kappa shape index (κ1) is 13.8. The lowest BCUT2D eigenvalue weighted by Gasteiger charge is -2.16. The molecule has 1 radical (unpaired) electrons. The molecule has 0 unspecified atom stereocenters. The highest BCUT2D eigenvalue weighted by molar-refractivity contribution is 5.58. The summed E-state index contributed by atoms with van der Waals surface area (Å²) >= 11 is 0. The lowest BCUT2D eigenvalue weighted by atomic mass is 9.90. The minimum Gasteiger partial charge on any atom is -0.493 e. The molecule has 0 amide bonds. The van der Waals surface area contributed by atoms with Crippen LogP contribution in [0, 0.1) is 19.3 Å². The van der Waals surface area contributed by atoms with Crippen molar-refractivity contribution in [3.8, 4) is 5.75 Å². The van der Waals surface area contributed by atoms with E-state index in [1.807, 2.05) is 26.8 Å². The molecule has 0 aliphatic rings. The Bertz CT molecular complexity index is 381. The Balaban J connectivity index is 2.41. The molecule has 0 spiro atoms. The Kier molecular flexibility index (Phi) is 4.73. The highest BCUT2D eigenvalue weighted by atomic mass is 16.5. The van der Waals surface area contributed by atoms with Crippen LogP contribution < -0.4 is 4.74 Å². The van der Waals surface area contributed by atoms with E-state index in [1.165, 1.54) is 5.56 Å². The van der Waals surface area contributed by atoms with Crippen molar-refractivity contribution in [2.24, 2.45) is 5.41 Å². The first-order valence-corrected chi connectivity index (χ1v) is 6.04. The third-order valence-corrected chi connectivity index (χ3v) is 2.82. The number of ether oxygens (including phenoxy) is 1. The maximum absolute atomic E-state index is 10.6. The van der Waals surface area contributed by atoms with Gasteiger partial charge in [0.25, 0.3) is 0 Å². The molecule has 0 saturated carbocycles. The largest absolute Gasteiger partial charge is 0.493 e. The summed E-state index contributed by atoms with van der Waals surface area (Å²) in [6.07, 6.45) is 3.73. The summed E-state index contributed by atoms with van der Waals surface area (Å²) in [6, 6.07) is 6.19. The fourth-order valence-electron chi connectivity index (χ4n) is 1.61. The van der Waals surface area contributed by atoms with Crippen LogP contribution in [0.4, 0.5) is 0 Å². The monoisotopic (exact) mass is 233 g/mol. The number of benzene rings is 1. The zero-order valence-corrected chi connectivity index (χ0v) is 11.2. The Labute approximate surface area is 104 Å². The molecule has 2 nitrogen and oxygen atoms in total. The standard InChI is InChI=1S/C15H21O2/c1-12-6-7-13(2)14(10-12)17-9-5-8-15(3,4)11-16/h6-7,10H,5,8-9H2,1-4H3. The predicted molar refractivity (Wildman–Crippen MR) is 70.1 cm³/mol. The molecule has 0 N–H and O–H groups in total. The van der Waals surface area contributed by atoms with Crippen molar-refractivity contribution in [2.45, 2.75) is 40.5 Å². The Morgan fingerprint density at radius 3 is 2.65 bits per heavy atom. The number of rotatable bonds is 6. The first-order valence-electron chi connectivity index (χ1n) is 6.04. The molecule has 1 aromatic rings. The lowest BCUT2D eigenvalue weighted by molar-refractivity contribution is 0.283. The van der Waals surface area contributed by atoms with Gasteiger partial charge in [0, 0.05) is 5.41 Å². The van der Waals surface area contributed by atoms with Crippen LogP contribution in [-0.2, 0) is 4.79 Å². The second-order valence-corrected chi connectivity index (χ2v) is 5.21. The number of hydrogen-bond donors (Lipinski definition) is 0. The minimum atomic E-state index is -0.356. The third-order valence-electron chi connectivity index (χ3n) is 2.82.